The summed E-state index contributed by atoms with van der Waals surface area (Å²) in [6.07, 6.45) is 2.87. The Bertz CT molecular complexity index is 672. The van der Waals surface area contributed by atoms with Gasteiger partial charge in [-0.2, -0.15) is 0 Å². The number of pyridine rings is 1. The standard InChI is InChI=1S/C18H22ClN5/c1-20-18(22-12-14-7-8-17(19)21-11-14)23-15-9-10-24(13-15)16-5-3-2-4-6-16/h2-8,11,15H,9-10,12-13H2,1H3,(H2,20,22,23). The van der Waals surface area contributed by atoms with Gasteiger partial charge in [0, 0.05) is 44.6 Å². The lowest BCUT2D eigenvalue weighted by Crippen LogP contribution is -2.44. The Morgan fingerprint density at radius 1 is 1.29 bits per heavy atom. The van der Waals surface area contributed by atoms with E-state index in [0.717, 1.165) is 31.0 Å². The third-order valence-corrected chi connectivity index (χ3v) is 4.35. The number of nitrogens with zero attached hydrogens (tertiary/aromatic N) is 3. The number of aliphatic imine (C=N–C) groups is 1. The van der Waals surface area contributed by atoms with Crippen LogP contribution in [0.2, 0.25) is 5.15 Å². The maximum atomic E-state index is 5.81. The predicted octanol–water partition coefficient (Wildman–Crippen LogP) is 2.68. The van der Waals surface area contributed by atoms with Crippen molar-refractivity contribution in [1.82, 2.24) is 15.6 Å². The fourth-order valence-corrected chi connectivity index (χ4v) is 2.95. The van der Waals surface area contributed by atoms with E-state index >= 15 is 0 Å². The van der Waals surface area contributed by atoms with Crippen molar-refractivity contribution in [2.45, 2.75) is 19.0 Å². The molecule has 24 heavy (non-hydrogen) atoms. The maximum absolute atomic E-state index is 5.81. The molecule has 6 heteroatoms. The first-order valence-electron chi connectivity index (χ1n) is 8.12. The Hall–Kier alpha value is -2.27. The number of aromatic nitrogens is 1. The highest BCUT2D eigenvalue weighted by Gasteiger charge is 2.23. The molecule has 0 spiro atoms. The van der Waals surface area contributed by atoms with E-state index in [1.165, 1.54) is 5.69 Å². The molecule has 2 aromatic rings. The molecule has 0 amide bonds. The van der Waals surface area contributed by atoms with Gasteiger partial charge in [0.05, 0.1) is 0 Å². The summed E-state index contributed by atoms with van der Waals surface area (Å²) in [5.74, 6) is 0.810. The highest BCUT2D eigenvalue weighted by atomic mass is 35.5. The fraction of sp³-hybridized carbons (Fsp3) is 0.333. The van der Waals surface area contributed by atoms with Crippen LogP contribution in [0.4, 0.5) is 5.69 Å². The molecule has 0 saturated carbocycles. The van der Waals surface area contributed by atoms with Crippen LogP contribution in [0.25, 0.3) is 0 Å². The molecule has 1 aliphatic rings. The van der Waals surface area contributed by atoms with Gasteiger partial charge in [-0.15, -0.1) is 0 Å². The van der Waals surface area contributed by atoms with Gasteiger partial charge < -0.3 is 15.5 Å². The average Bonchev–Trinajstić information content (AvgIpc) is 3.09. The summed E-state index contributed by atoms with van der Waals surface area (Å²) in [5.41, 5.74) is 2.34. The summed E-state index contributed by atoms with van der Waals surface area (Å²) in [7, 11) is 1.79. The van der Waals surface area contributed by atoms with Crippen LogP contribution in [-0.2, 0) is 6.54 Å². The summed E-state index contributed by atoms with van der Waals surface area (Å²) < 4.78 is 0. The number of halogens is 1. The van der Waals surface area contributed by atoms with Crippen LogP contribution in [0, 0.1) is 0 Å². The Kier molecular flexibility index (Phi) is 5.54. The molecule has 5 nitrogen and oxygen atoms in total. The minimum atomic E-state index is 0.389. The molecule has 1 unspecified atom stereocenters. The monoisotopic (exact) mass is 343 g/mol. The number of rotatable bonds is 4. The Labute approximate surface area is 147 Å². The highest BCUT2D eigenvalue weighted by Crippen LogP contribution is 2.19. The van der Waals surface area contributed by atoms with E-state index < -0.39 is 0 Å². The molecular weight excluding hydrogens is 322 g/mol. The second-order valence-corrected chi connectivity index (χ2v) is 6.21. The minimum Gasteiger partial charge on any atom is -0.369 e. The fourth-order valence-electron chi connectivity index (χ4n) is 2.84. The van der Waals surface area contributed by atoms with Crippen LogP contribution in [0.3, 0.4) is 0 Å². The van der Waals surface area contributed by atoms with Gasteiger partial charge in [-0.1, -0.05) is 35.9 Å². The van der Waals surface area contributed by atoms with Gasteiger partial charge in [0.15, 0.2) is 5.96 Å². The molecule has 2 heterocycles. The van der Waals surface area contributed by atoms with Crippen molar-refractivity contribution in [3.8, 4) is 0 Å². The summed E-state index contributed by atoms with van der Waals surface area (Å²) in [4.78, 5) is 10.8. The Balaban J connectivity index is 1.50. The van der Waals surface area contributed by atoms with Crippen molar-refractivity contribution in [2.75, 3.05) is 25.0 Å². The molecular formula is C18H22ClN5. The summed E-state index contributed by atoms with van der Waals surface area (Å²) in [5, 5.41) is 7.33. The van der Waals surface area contributed by atoms with Crippen molar-refractivity contribution >= 4 is 23.2 Å². The number of hydrogen-bond acceptors (Lipinski definition) is 3. The van der Waals surface area contributed by atoms with Gasteiger partial charge >= 0.3 is 0 Å². The van der Waals surface area contributed by atoms with Crippen molar-refractivity contribution in [3.63, 3.8) is 0 Å². The van der Waals surface area contributed by atoms with E-state index in [9.17, 15) is 0 Å². The Morgan fingerprint density at radius 2 is 2.12 bits per heavy atom. The molecule has 0 aliphatic carbocycles. The number of guanidine groups is 1. The minimum absolute atomic E-state index is 0.389. The molecule has 1 aromatic carbocycles. The van der Waals surface area contributed by atoms with Gasteiger partial charge in [0.2, 0.25) is 0 Å². The van der Waals surface area contributed by atoms with Crippen LogP contribution in [0.5, 0.6) is 0 Å². The second kappa shape index (κ2) is 8.02. The van der Waals surface area contributed by atoms with Gasteiger partial charge in [0.1, 0.15) is 5.15 Å². The maximum Gasteiger partial charge on any atom is 0.191 e. The highest BCUT2D eigenvalue weighted by molar-refractivity contribution is 6.29. The van der Waals surface area contributed by atoms with Crippen LogP contribution in [0.1, 0.15) is 12.0 Å². The summed E-state index contributed by atoms with van der Waals surface area (Å²) in [6.45, 7) is 2.70. The van der Waals surface area contributed by atoms with Crippen LogP contribution in [-0.4, -0.2) is 37.1 Å². The van der Waals surface area contributed by atoms with Gasteiger partial charge in [-0.05, 0) is 30.2 Å². The molecule has 1 saturated heterocycles. The van der Waals surface area contributed by atoms with E-state index in [2.05, 4.69) is 49.8 Å². The largest absolute Gasteiger partial charge is 0.369 e. The summed E-state index contributed by atoms with van der Waals surface area (Å²) in [6, 6.07) is 14.7. The molecule has 1 atom stereocenters. The van der Waals surface area contributed by atoms with E-state index in [1.807, 2.05) is 12.1 Å². The first kappa shape index (κ1) is 16.6. The predicted molar refractivity (Wildman–Crippen MR) is 99.6 cm³/mol. The molecule has 1 aliphatic heterocycles. The number of anilines is 1. The zero-order valence-electron chi connectivity index (χ0n) is 13.7. The van der Waals surface area contributed by atoms with Crippen molar-refractivity contribution in [3.05, 3.63) is 59.4 Å². The first-order valence-corrected chi connectivity index (χ1v) is 8.50. The van der Waals surface area contributed by atoms with Crippen LogP contribution in [0.15, 0.2) is 53.7 Å². The van der Waals surface area contributed by atoms with Crippen molar-refractivity contribution in [1.29, 1.82) is 0 Å². The number of nitrogens with one attached hydrogen (secondary N) is 2. The normalized spacial score (nSPS) is 17.8. The number of benzene rings is 1. The summed E-state index contributed by atoms with van der Waals surface area (Å²) >= 11 is 5.81. The van der Waals surface area contributed by atoms with Crippen molar-refractivity contribution in [2.24, 2.45) is 4.99 Å². The SMILES string of the molecule is CN=C(NCc1ccc(Cl)nc1)NC1CCN(c2ccccc2)C1. The number of para-hydroxylation sites is 1. The molecule has 0 bridgehead atoms. The third-order valence-electron chi connectivity index (χ3n) is 4.12. The average molecular weight is 344 g/mol. The lowest BCUT2D eigenvalue weighted by atomic mass is 10.2. The second-order valence-electron chi connectivity index (χ2n) is 5.83. The van der Waals surface area contributed by atoms with E-state index in [1.54, 1.807) is 19.3 Å². The lowest BCUT2D eigenvalue weighted by molar-refractivity contribution is 0.648. The van der Waals surface area contributed by atoms with Gasteiger partial charge in [-0.3, -0.25) is 4.99 Å². The zero-order chi connectivity index (χ0) is 16.8. The molecule has 0 radical (unpaired) electrons. The third kappa shape index (κ3) is 4.38. The van der Waals surface area contributed by atoms with E-state index in [0.29, 0.717) is 17.7 Å². The molecule has 3 rings (SSSR count). The van der Waals surface area contributed by atoms with Crippen molar-refractivity contribution < 1.29 is 0 Å². The molecule has 2 N–H and O–H groups in total. The van der Waals surface area contributed by atoms with Crippen LogP contribution >= 0.6 is 11.6 Å². The van der Waals surface area contributed by atoms with Gasteiger partial charge in [-0.25, -0.2) is 4.98 Å². The topological polar surface area (TPSA) is 52.6 Å². The zero-order valence-corrected chi connectivity index (χ0v) is 14.5. The first-order chi connectivity index (χ1) is 11.7. The quantitative estimate of drug-likeness (QED) is 0.509. The molecule has 126 valence electrons. The molecule has 1 aromatic heterocycles. The smallest absolute Gasteiger partial charge is 0.191 e. The van der Waals surface area contributed by atoms with Crippen LogP contribution < -0.4 is 15.5 Å². The lowest BCUT2D eigenvalue weighted by Gasteiger charge is -2.20. The van der Waals surface area contributed by atoms with E-state index in [4.69, 9.17) is 11.6 Å². The number of hydrogen-bond donors (Lipinski definition) is 2. The van der Waals surface area contributed by atoms with E-state index in [-0.39, 0.29) is 0 Å². The van der Waals surface area contributed by atoms with Gasteiger partial charge in [0.25, 0.3) is 0 Å². The Morgan fingerprint density at radius 3 is 2.83 bits per heavy atom. The molecule has 1 fully saturated rings.